The van der Waals surface area contributed by atoms with E-state index in [1.54, 1.807) is 0 Å². The molecule has 1 aromatic rings. The molecule has 0 aromatic heterocycles. The SMILES string of the molecule is Cl.Cl.NC1CCN(Cc2cccc(OCCN3CCOCC3)c2)C1. The quantitative estimate of drug-likeness (QED) is 0.818. The Labute approximate surface area is 157 Å². The Morgan fingerprint density at radius 2 is 1.92 bits per heavy atom. The molecule has 0 amide bonds. The summed E-state index contributed by atoms with van der Waals surface area (Å²) in [5.74, 6) is 0.967. The monoisotopic (exact) mass is 377 g/mol. The predicted molar refractivity (Wildman–Crippen MR) is 102 cm³/mol. The number of likely N-dealkylation sites (tertiary alicyclic amines) is 1. The summed E-state index contributed by atoms with van der Waals surface area (Å²) in [4.78, 5) is 4.80. The molecule has 5 nitrogen and oxygen atoms in total. The summed E-state index contributed by atoms with van der Waals surface area (Å²) in [6, 6.07) is 8.78. The van der Waals surface area contributed by atoms with Crippen LogP contribution < -0.4 is 10.5 Å². The van der Waals surface area contributed by atoms with Gasteiger partial charge in [-0.3, -0.25) is 9.80 Å². The van der Waals surface area contributed by atoms with Crippen LogP contribution in [0.5, 0.6) is 5.75 Å². The second-order valence-corrected chi connectivity index (χ2v) is 6.23. The fourth-order valence-electron chi connectivity index (χ4n) is 3.12. The van der Waals surface area contributed by atoms with Crippen molar-refractivity contribution in [3.63, 3.8) is 0 Å². The average Bonchev–Trinajstić information content (AvgIpc) is 2.94. The molecule has 2 aliphatic heterocycles. The van der Waals surface area contributed by atoms with E-state index in [1.165, 1.54) is 5.56 Å². The van der Waals surface area contributed by atoms with Gasteiger partial charge in [-0.05, 0) is 24.1 Å². The summed E-state index contributed by atoms with van der Waals surface area (Å²) in [6.07, 6.45) is 1.11. The number of halogens is 2. The highest BCUT2D eigenvalue weighted by Crippen LogP contribution is 2.17. The molecule has 2 N–H and O–H groups in total. The van der Waals surface area contributed by atoms with Crippen LogP contribution in [0.2, 0.25) is 0 Å². The zero-order valence-electron chi connectivity index (χ0n) is 14.1. The van der Waals surface area contributed by atoms with Gasteiger partial charge in [-0.2, -0.15) is 0 Å². The third-order valence-electron chi connectivity index (χ3n) is 4.39. The molecule has 24 heavy (non-hydrogen) atoms. The van der Waals surface area contributed by atoms with Crippen LogP contribution >= 0.6 is 24.8 Å². The average molecular weight is 378 g/mol. The first kappa shape index (κ1) is 21.5. The number of ether oxygens (including phenoxy) is 2. The van der Waals surface area contributed by atoms with Gasteiger partial charge >= 0.3 is 0 Å². The van der Waals surface area contributed by atoms with Gasteiger partial charge in [0, 0.05) is 45.3 Å². The van der Waals surface area contributed by atoms with Gasteiger partial charge in [0.2, 0.25) is 0 Å². The van der Waals surface area contributed by atoms with E-state index in [2.05, 4.69) is 28.0 Å². The van der Waals surface area contributed by atoms with E-state index < -0.39 is 0 Å². The van der Waals surface area contributed by atoms with Crippen LogP contribution in [0.15, 0.2) is 24.3 Å². The molecule has 7 heteroatoms. The minimum Gasteiger partial charge on any atom is -0.492 e. The number of hydrogen-bond acceptors (Lipinski definition) is 5. The number of nitrogens with two attached hydrogens (primary N) is 1. The fourth-order valence-corrected chi connectivity index (χ4v) is 3.12. The van der Waals surface area contributed by atoms with Crippen LogP contribution in [-0.2, 0) is 11.3 Å². The zero-order valence-corrected chi connectivity index (χ0v) is 15.7. The van der Waals surface area contributed by atoms with Crippen molar-refractivity contribution in [2.45, 2.75) is 19.0 Å². The Balaban J connectivity index is 0.00000144. The van der Waals surface area contributed by atoms with Crippen molar-refractivity contribution in [2.75, 3.05) is 52.5 Å². The van der Waals surface area contributed by atoms with Crippen LogP contribution in [0.1, 0.15) is 12.0 Å². The Morgan fingerprint density at radius 1 is 1.12 bits per heavy atom. The lowest BCUT2D eigenvalue weighted by Crippen LogP contribution is -2.38. The van der Waals surface area contributed by atoms with E-state index in [9.17, 15) is 0 Å². The van der Waals surface area contributed by atoms with Gasteiger partial charge in [-0.15, -0.1) is 24.8 Å². The molecule has 1 unspecified atom stereocenters. The van der Waals surface area contributed by atoms with Crippen LogP contribution in [-0.4, -0.2) is 68.4 Å². The molecule has 0 spiro atoms. The maximum absolute atomic E-state index is 5.97. The Morgan fingerprint density at radius 3 is 2.62 bits per heavy atom. The number of morpholine rings is 1. The first-order valence-electron chi connectivity index (χ1n) is 8.29. The molecule has 1 aromatic carbocycles. The standard InChI is InChI=1S/C17H27N3O2.2ClH/c18-16-4-5-20(14-16)13-15-2-1-3-17(12-15)22-11-8-19-6-9-21-10-7-19;;/h1-3,12,16H,4-11,13-14,18H2;2*1H. The first-order chi connectivity index (χ1) is 10.8. The van der Waals surface area contributed by atoms with Crippen LogP contribution in [0.4, 0.5) is 0 Å². The maximum Gasteiger partial charge on any atom is 0.119 e. The fraction of sp³-hybridized carbons (Fsp3) is 0.647. The first-order valence-corrected chi connectivity index (χ1v) is 8.29. The third kappa shape index (κ3) is 6.75. The molecule has 2 aliphatic rings. The third-order valence-corrected chi connectivity index (χ3v) is 4.39. The normalized spacial score (nSPS) is 21.8. The molecule has 3 rings (SSSR count). The molecule has 1 atom stereocenters. The smallest absolute Gasteiger partial charge is 0.119 e. The summed E-state index contributed by atoms with van der Waals surface area (Å²) in [5, 5.41) is 0. The van der Waals surface area contributed by atoms with E-state index in [0.717, 1.165) is 71.3 Å². The van der Waals surface area contributed by atoms with Crippen molar-refractivity contribution >= 4 is 24.8 Å². The lowest BCUT2D eigenvalue weighted by molar-refractivity contribution is 0.0322. The molecule has 2 heterocycles. The zero-order chi connectivity index (χ0) is 15.2. The summed E-state index contributed by atoms with van der Waals surface area (Å²) < 4.78 is 11.3. The maximum atomic E-state index is 5.97. The largest absolute Gasteiger partial charge is 0.492 e. The number of hydrogen-bond donors (Lipinski definition) is 1. The highest BCUT2D eigenvalue weighted by molar-refractivity contribution is 5.85. The highest BCUT2D eigenvalue weighted by Gasteiger charge is 2.18. The molecular weight excluding hydrogens is 349 g/mol. The van der Waals surface area contributed by atoms with Gasteiger partial charge < -0.3 is 15.2 Å². The van der Waals surface area contributed by atoms with Crippen LogP contribution in [0.3, 0.4) is 0 Å². The molecular formula is C17H29Cl2N3O2. The lowest BCUT2D eigenvalue weighted by Gasteiger charge is -2.26. The van der Waals surface area contributed by atoms with Crippen LogP contribution in [0, 0.1) is 0 Å². The highest BCUT2D eigenvalue weighted by atomic mass is 35.5. The van der Waals surface area contributed by atoms with Gasteiger partial charge in [-0.25, -0.2) is 0 Å². The van der Waals surface area contributed by atoms with Gasteiger partial charge in [0.15, 0.2) is 0 Å². The molecule has 0 saturated carbocycles. The molecule has 2 saturated heterocycles. The Bertz CT molecular complexity index is 473. The summed E-state index contributed by atoms with van der Waals surface area (Å²) >= 11 is 0. The predicted octanol–water partition coefficient (Wildman–Crippen LogP) is 1.77. The second-order valence-electron chi connectivity index (χ2n) is 6.23. The molecule has 138 valence electrons. The number of rotatable bonds is 6. The van der Waals surface area contributed by atoms with Gasteiger partial charge in [-0.1, -0.05) is 12.1 Å². The lowest BCUT2D eigenvalue weighted by atomic mass is 10.2. The second kappa shape index (κ2) is 11.1. The van der Waals surface area contributed by atoms with Crippen molar-refractivity contribution in [1.82, 2.24) is 9.80 Å². The Kier molecular flexibility index (Phi) is 9.96. The molecule has 0 aliphatic carbocycles. The van der Waals surface area contributed by atoms with E-state index >= 15 is 0 Å². The summed E-state index contributed by atoms with van der Waals surface area (Å²) in [5.41, 5.74) is 7.27. The Hall–Kier alpha value is -0.560. The van der Waals surface area contributed by atoms with Gasteiger partial charge in [0.1, 0.15) is 12.4 Å². The van der Waals surface area contributed by atoms with Gasteiger partial charge in [0.05, 0.1) is 13.2 Å². The van der Waals surface area contributed by atoms with Crippen molar-refractivity contribution in [3.05, 3.63) is 29.8 Å². The number of benzene rings is 1. The van der Waals surface area contributed by atoms with Crippen molar-refractivity contribution in [3.8, 4) is 5.75 Å². The van der Waals surface area contributed by atoms with E-state index in [-0.39, 0.29) is 24.8 Å². The topological polar surface area (TPSA) is 51.0 Å². The minimum absolute atomic E-state index is 0. The van der Waals surface area contributed by atoms with Crippen molar-refractivity contribution in [2.24, 2.45) is 5.73 Å². The van der Waals surface area contributed by atoms with Crippen molar-refractivity contribution in [1.29, 1.82) is 0 Å². The summed E-state index contributed by atoms with van der Waals surface area (Å²) in [7, 11) is 0. The van der Waals surface area contributed by atoms with E-state index in [0.29, 0.717) is 6.04 Å². The molecule has 2 fully saturated rings. The van der Waals surface area contributed by atoms with E-state index in [1.807, 2.05) is 6.07 Å². The molecule has 0 bridgehead atoms. The number of nitrogens with zero attached hydrogens (tertiary/aromatic N) is 2. The van der Waals surface area contributed by atoms with E-state index in [4.69, 9.17) is 15.2 Å². The molecule has 0 radical (unpaired) electrons. The van der Waals surface area contributed by atoms with Crippen molar-refractivity contribution < 1.29 is 9.47 Å². The summed E-state index contributed by atoms with van der Waals surface area (Å²) in [6.45, 7) is 8.48. The minimum atomic E-state index is 0. The van der Waals surface area contributed by atoms with Gasteiger partial charge in [0.25, 0.3) is 0 Å². The van der Waals surface area contributed by atoms with Crippen LogP contribution in [0.25, 0.3) is 0 Å².